The third-order valence-electron chi connectivity index (χ3n) is 1.88. The zero-order valence-corrected chi connectivity index (χ0v) is 7.61. The van der Waals surface area contributed by atoms with E-state index >= 15 is 0 Å². The van der Waals surface area contributed by atoms with Gasteiger partial charge in [-0.1, -0.05) is 6.92 Å². The molecule has 0 radical (unpaired) electrons. The molecular weight excluding hydrogens is 164 g/mol. The first-order valence-electron chi connectivity index (χ1n) is 3.67. The lowest BCUT2D eigenvalue weighted by atomic mass is 10.1. The molecule has 2 N–H and O–H groups in total. The summed E-state index contributed by atoms with van der Waals surface area (Å²) in [5.74, 6) is 0.393. The van der Waals surface area contributed by atoms with E-state index in [2.05, 4.69) is 10.0 Å². The Kier molecular flexibility index (Phi) is 2.51. The number of hydrogen-bond donors (Lipinski definition) is 2. The molecule has 0 aromatic heterocycles. The average Bonchev–Trinajstić information content (AvgIpc) is 2.12. The van der Waals surface area contributed by atoms with Crippen LogP contribution < -0.4 is 10.0 Å². The Balaban J connectivity index is 2.50. The summed E-state index contributed by atoms with van der Waals surface area (Å²) in [5.41, 5.74) is 0. The molecule has 5 heteroatoms. The molecule has 1 rings (SSSR count). The highest BCUT2D eigenvalue weighted by atomic mass is 32.2. The molecule has 0 aliphatic carbocycles. The largest absolute Gasteiger partial charge is 0.315 e. The first kappa shape index (κ1) is 8.96. The van der Waals surface area contributed by atoms with Crippen molar-refractivity contribution in [3.8, 4) is 0 Å². The Morgan fingerprint density at radius 1 is 1.45 bits per heavy atom. The first-order chi connectivity index (χ1) is 4.99. The summed E-state index contributed by atoms with van der Waals surface area (Å²) in [6.45, 7) is 3.67. The number of sulfonamides is 1. The molecule has 2 atom stereocenters. The van der Waals surface area contributed by atoms with Crippen LogP contribution in [0.4, 0.5) is 0 Å². The van der Waals surface area contributed by atoms with E-state index in [0.717, 1.165) is 13.1 Å². The van der Waals surface area contributed by atoms with Crippen molar-refractivity contribution in [1.29, 1.82) is 0 Å². The van der Waals surface area contributed by atoms with Crippen molar-refractivity contribution in [1.82, 2.24) is 10.0 Å². The second-order valence-corrected chi connectivity index (χ2v) is 4.91. The van der Waals surface area contributed by atoms with Crippen LogP contribution in [0.1, 0.15) is 6.92 Å². The maximum atomic E-state index is 10.8. The summed E-state index contributed by atoms with van der Waals surface area (Å²) in [7, 11) is -3.03. The summed E-state index contributed by atoms with van der Waals surface area (Å²) >= 11 is 0. The van der Waals surface area contributed by atoms with Crippen molar-refractivity contribution in [2.75, 3.05) is 19.3 Å². The normalized spacial score (nSPS) is 32.5. The SMILES string of the molecule is C[C@@H]1CNC[C@H]1NS(C)(=O)=O. The van der Waals surface area contributed by atoms with Crippen LogP contribution in [0.3, 0.4) is 0 Å². The van der Waals surface area contributed by atoms with Crippen LogP contribution in [-0.4, -0.2) is 33.8 Å². The summed E-state index contributed by atoms with van der Waals surface area (Å²) in [4.78, 5) is 0. The van der Waals surface area contributed by atoms with E-state index in [1.165, 1.54) is 6.26 Å². The smallest absolute Gasteiger partial charge is 0.209 e. The zero-order chi connectivity index (χ0) is 8.48. The van der Waals surface area contributed by atoms with Crippen LogP contribution in [0.25, 0.3) is 0 Å². The Bertz CT molecular complexity index is 225. The fourth-order valence-electron chi connectivity index (χ4n) is 1.24. The molecule has 11 heavy (non-hydrogen) atoms. The van der Waals surface area contributed by atoms with Crippen LogP contribution in [0.5, 0.6) is 0 Å². The third-order valence-corrected chi connectivity index (χ3v) is 2.61. The van der Waals surface area contributed by atoms with E-state index in [4.69, 9.17) is 0 Å². The van der Waals surface area contributed by atoms with Crippen LogP contribution in [0.2, 0.25) is 0 Å². The van der Waals surface area contributed by atoms with Gasteiger partial charge in [0.05, 0.1) is 6.26 Å². The van der Waals surface area contributed by atoms with Gasteiger partial charge in [0.25, 0.3) is 0 Å². The van der Waals surface area contributed by atoms with Gasteiger partial charge in [-0.05, 0) is 12.5 Å². The van der Waals surface area contributed by atoms with Crippen molar-refractivity contribution in [3.05, 3.63) is 0 Å². The molecule has 1 saturated heterocycles. The molecule has 1 aliphatic heterocycles. The quantitative estimate of drug-likeness (QED) is 0.578. The van der Waals surface area contributed by atoms with Gasteiger partial charge in [0.15, 0.2) is 0 Å². The molecule has 4 nitrogen and oxygen atoms in total. The Hall–Kier alpha value is -0.130. The maximum absolute atomic E-state index is 10.8. The average molecular weight is 178 g/mol. The summed E-state index contributed by atoms with van der Waals surface area (Å²) in [6, 6.07) is 0.0741. The highest BCUT2D eigenvalue weighted by molar-refractivity contribution is 7.88. The molecule has 66 valence electrons. The van der Waals surface area contributed by atoms with Crippen LogP contribution in [0.15, 0.2) is 0 Å². The summed E-state index contributed by atoms with van der Waals surface area (Å²) in [6.07, 6.45) is 1.19. The standard InChI is InChI=1S/C6H14N2O2S/c1-5-3-7-4-6(5)8-11(2,9)10/h5-8H,3-4H2,1-2H3/t5-,6-/m1/s1. The molecule has 0 amide bonds. The van der Waals surface area contributed by atoms with Crippen LogP contribution >= 0.6 is 0 Å². The van der Waals surface area contributed by atoms with E-state index in [9.17, 15) is 8.42 Å². The highest BCUT2D eigenvalue weighted by Gasteiger charge is 2.25. The van der Waals surface area contributed by atoms with Gasteiger partial charge in [-0.15, -0.1) is 0 Å². The second-order valence-electron chi connectivity index (χ2n) is 3.13. The topological polar surface area (TPSA) is 58.2 Å². The van der Waals surface area contributed by atoms with Gasteiger partial charge < -0.3 is 5.32 Å². The van der Waals surface area contributed by atoms with Gasteiger partial charge >= 0.3 is 0 Å². The minimum absolute atomic E-state index is 0.0741. The summed E-state index contributed by atoms with van der Waals surface area (Å²) < 4.78 is 24.2. The molecule has 0 saturated carbocycles. The molecule has 0 bridgehead atoms. The third kappa shape index (κ3) is 2.76. The Morgan fingerprint density at radius 2 is 2.09 bits per heavy atom. The monoisotopic (exact) mass is 178 g/mol. The molecule has 1 heterocycles. The number of hydrogen-bond acceptors (Lipinski definition) is 3. The molecule has 0 unspecified atom stereocenters. The molecule has 0 aromatic rings. The van der Waals surface area contributed by atoms with E-state index in [1.54, 1.807) is 0 Å². The van der Waals surface area contributed by atoms with E-state index < -0.39 is 10.0 Å². The van der Waals surface area contributed by atoms with Gasteiger partial charge in [-0.2, -0.15) is 0 Å². The lowest BCUT2D eigenvalue weighted by Crippen LogP contribution is -2.38. The molecule has 1 fully saturated rings. The lowest BCUT2D eigenvalue weighted by molar-refractivity contribution is 0.505. The predicted octanol–water partition coefficient (Wildman–Crippen LogP) is -0.856. The molecule has 1 aliphatic rings. The minimum atomic E-state index is -3.03. The van der Waals surface area contributed by atoms with Crippen molar-refractivity contribution in [3.63, 3.8) is 0 Å². The molecule has 0 spiro atoms. The maximum Gasteiger partial charge on any atom is 0.209 e. The Morgan fingerprint density at radius 3 is 2.45 bits per heavy atom. The fraction of sp³-hybridized carbons (Fsp3) is 1.00. The van der Waals surface area contributed by atoms with E-state index in [-0.39, 0.29) is 6.04 Å². The van der Waals surface area contributed by atoms with Gasteiger partial charge in [0.2, 0.25) is 10.0 Å². The van der Waals surface area contributed by atoms with Crippen molar-refractivity contribution < 1.29 is 8.42 Å². The van der Waals surface area contributed by atoms with Gasteiger partial charge in [-0.25, -0.2) is 13.1 Å². The molecular formula is C6H14N2O2S. The Labute approximate surface area is 67.4 Å². The van der Waals surface area contributed by atoms with Gasteiger partial charge in [0.1, 0.15) is 0 Å². The van der Waals surface area contributed by atoms with Gasteiger partial charge in [0, 0.05) is 12.6 Å². The summed E-state index contributed by atoms with van der Waals surface area (Å²) in [5, 5.41) is 3.12. The zero-order valence-electron chi connectivity index (χ0n) is 6.79. The number of nitrogens with one attached hydrogen (secondary N) is 2. The molecule has 0 aromatic carbocycles. The number of rotatable bonds is 2. The van der Waals surface area contributed by atoms with Crippen LogP contribution in [0, 0.1) is 5.92 Å². The van der Waals surface area contributed by atoms with Crippen LogP contribution in [-0.2, 0) is 10.0 Å². The van der Waals surface area contributed by atoms with Crippen molar-refractivity contribution in [2.24, 2.45) is 5.92 Å². The minimum Gasteiger partial charge on any atom is -0.315 e. The van der Waals surface area contributed by atoms with Crippen molar-refractivity contribution >= 4 is 10.0 Å². The van der Waals surface area contributed by atoms with Crippen molar-refractivity contribution in [2.45, 2.75) is 13.0 Å². The fourth-order valence-corrected chi connectivity index (χ4v) is 2.11. The highest BCUT2D eigenvalue weighted by Crippen LogP contribution is 2.07. The first-order valence-corrected chi connectivity index (χ1v) is 5.56. The predicted molar refractivity (Wildman–Crippen MR) is 43.8 cm³/mol. The van der Waals surface area contributed by atoms with E-state index in [1.807, 2.05) is 6.92 Å². The lowest BCUT2D eigenvalue weighted by Gasteiger charge is -2.13. The second kappa shape index (κ2) is 3.08. The van der Waals surface area contributed by atoms with E-state index in [0.29, 0.717) is 5.92 Å². The van der Waals surface area contributed by atoms with Gasteiger partial charge in [-0.3, -0.25) is 0 Å².